The number of methoxy groups -OCH3 is 1. The Morgan fingerprint density at radius 1 is 1.03 bits per heavy atom. The molecular formula is C27H22N2O5S2. The number of hydrogen-bond donors (Lipinski definition) is 1. The summed E-state index contributed by atoms with van der Waals surface area (Å²) in [5, 5.41) is 2.68. The van der Waals surface area contributed by atoms with Gasteiger partial charge >= 0.3 is 5.97 Å². The van der Waals surface area contributed by atoms with Gasteiger partial charge in [-0.25, -0.2) is 4.79 Å². The van der Waals surface area contributed by atoms with E-state index in [0.29, 0.717) is 31.9 Å². The SMILES string of the molecule is COc1ccccc1N1C(=O)/C(=C/c2ccc(C(=O)OCC(=O)Nc3ccc(C)cc3)cc2)SC1=S. The van der Waals surface area contributed by atoms with Crippen LogP contribution in [0.2, 0.25) is 0 Å². The van der Waals surface area contributed by atoms with Crippen LogP contribution in [0.15, 0.2) is 77.7 Å². The molecule has 1 saturated heterocycles. The number of esters is 1. The zero-order valence-electron chi connectivity index (χ0n) is 19.5. The Morgan fingerprint density at radius 3 is 2.42 bits per heavy atom. The van der Waals surface area contributed by atoms with Gasteiger partial charge in [-0.05, 0) is 55.0 Å². The third-order valence-corrected chi connectivity index (χ3v) is 6.54. The van der Waals surface area contributed by atoms with Crippen molar-refractivity contribution in [3.8, 4) is 5.75 Å². The van der Waals surface area contributed by atoms with E-state index in [1.807, 2.05) is 31.2 Å². The van der Waals surface area contributed by atoms with Crippen molar-refractivity contribution >= 4 is 63.5 Å². The summed E-state index contributed by atoms with van der Waals surface area (Å²) in [6, 6.07) is 21.0. The quantitative estimate of drug-likeness (QED) is 0.261. The van der Waals surface area contributed by atoms with Gasteiger partial charge in [-0.15, -0.1) is 0 Å². The lowest BCUT2D eigenvalue weighted by Gasteiger charge is -2.17. The fourth-order valence-corrected chi connectivity index (χ4v) is 4.69. The van der Waals surface area contributed by atoms with Crippen molar-refractivity contribution in [3.05, 3.63) is 94.4 Å². The molecule has 1 aliphatic heterocycles. The fourth-order valence-electron chi connectivity index (χ4n) is 3.41. The highest BCUT2D eigenvalue weighted by Gasteiger charge is 2.34. The van der Waals surface area contributed by atoms with Gasteiger partial charge < -0.3 is 14.8 Å². The van der Waals surface area contributed by atoms with Crippen LogP contribution in [0.25, 0.3) is 6.08 Å². The number of anilines is 2. The molecule has 0 atom stereocenters. The van der Waals surface area contributed by atoms with Gasteiger partial charge in [0, 0.05) is 5.69 Å². The Balaban J connectivity index is 1.38. The summed E-state index contributed by atoms with van der Waals surface area (Å²) in [4.78, 5) is 39.3. The van der Waals surface area contributed by atoms with Gasteiger partial charge in [0.05, 0.1) is 23.3 Å². The van der Waals surface area contributed by atoms with E-state index in [0.717, 1.165) is 5.56 Å². The maximum atomic E-state index is 13.0. The Hall–Kier alpha value is -3.95. The zero-order valence-corrected chi connectivity index (χ0v) is 21.2. The summed E-state index contributed by atoms with van der Waals surface area (Å²) in [5.74, 6) is -0.757. The van der Waals surface area contributed by atoms with Gasteiger partial charge in [0.1, 0.15) is 5.75 Å². The smallest absolute Gasteiger partial charge is 0.338 e. The summed E-state index contributed by atoms with van der Waals surface area (Å²) in [5.41, 5.74) is 3.28. The van der Waals surface area contributed by atoms with E-state index in [4.69, 9.17) is 21.7 Å². The number of amides is 2. The van der Waals surface area contributed by atoms with Gasteiger partial charge in [-0.3, -0.25) is 14.5 Å². The van der Waals surface area contributed by atoms with Crippen LogP contribution < -0.4 is 15.0 Å². The molecule has 0 saturated carbocycles. The van der Waals surface area contributed by atoms with Crippen LogP contribution in [0.3, 0.4) is 0 Å². The summed E-state index contributed by atoms with van der Waals surface area (Å²) in [6.45, 7) is 1.55. The molecule has 0 aliphatic carbocycles. The van der Waals surface area contributed by atoms with Gasteiger partial charge in [0.15, 0.2) is 10.9 Å². The van der Waals surface area contributed by atoms with Crippen molar-refractivity contribution in [1.82, 2.24) is 0 Å². The minimum Gasteiger partial charge on any atom is -0.495 e. The zero-order chi connectivity index (χ0) is 25.7. The van der Waals surface area contributed by atoms with E-state index in [1.54, 1.807) is 54.6 Å². The molecule has 0 aromatic heterocycles. The second-order valence-electron chi connectivity index (χ2n) is 7.80. The number of thiocarbonyl (C=S) groups is 1. The number of benzene rings is 3. The standard InChI is InChI=1S/C27H22N2O5S2/c1-17-7-13-20(14-8-17)28-24(30)16-34-26(32)19-11-9-18(10-12-19)15-23-25(31)29(27(35)36-23)21-5-3-4-6-22(21)33-2/h3-15H,16H2,1-2H3,(H,28,30)/b23-15-. The van der Waals surface area contributed by atoms with Gasteiger partial charge in [-0.1, -0.05) is 65.9 Å². The van der Waals surface area contributed by atoms with Crippen LogP contribution in [-0.4, -0.2) is 35.8 Å². The monoisotopic (exact) mass is 518 g/mol. The van der Waals surface area contributed by atoms with Crippen molar-refractivity contribution in [2.75, 3.05) is 23.9 Å². The Morgan fingerprint density at radius 2 is 1.72 bits per heavy atom. The number of rotatable bonds is 7. The van der Waals surface area contributed by atoms with Crippen LogP contribution in [-0.2, 0) is 14.3 Å². The highest BCUT2D eigenvalue weighted by atomic mass is 32.2. The van der Waals surface area contributed by atoms with E-state index in [9.17, 15) is 14.4 Å². The summed E-state index contributed by atoms with van der Waals surface area (Å²) in [7, 11) is 1.54. The largest absolute Gasteiger partial charge is 0.495 e. The number of para-hydroxylation sites is 2. The average Bonchev–Trinajstić information content (AvgIpc) is 3.16. The van der Waals surface area contributed by atoms with Crippen LogP contribution >= 0.6 is 24.0 Å². The van der Waals surface area contributed by atoms with Gasteiger partial charge in [0.2, 0.25) is 0 Å². The number of nitrogens with one attached hydrogen (secondary N) is 1. The maximum Gasteiger partial charge on any atom is 0.338 e. The Labute approximate surface area is 218 Å². The van der Waals surface area contributed by atoms with Crippen molar-refractivity contribution in [2.45, 2.75) is 6.92 Å². The van der Waals surface area contributed by atoms with Crippen LogP contribution in [0.4, 0.5) is 11.4 Å². The minimum absolute atomic E-state index is 0.252. The normalized spacial score (nSPS) is 14.2. The summed E-state index contributed by atoms with van der Waals surface area (Å²) in [6.07, 6.45) is 1.71. The number of aryl methyl sites for hydroxylation is 1. The van der Waals surface area contributed by atoms with Gasteiger partial charge in [0.25, 0.3) is 11.8 Å². The van der Waals surface area contributed by atoms with Crippen molar-refractivity contribution in [2.24, 2.45) is 0 Å². The number of carbonyl (C=O) groups excluding carboxylic acids is 3. The second-order valence-corrected chi connectivity index (χ2v) is 9.48. The van der Waals surface area contributed by atoms with E-state index in [2.05, 4.69) is 5.32 Å². The molecule has 1 fully saturated rings. The maximum absolute atomic E-state index is 13.0. The van der Waals surface area contributed by atoms with Crippen LogP contribution in [0.5, 0.6) is 5.75 Å². The van der Waals surface area contributed by atoms with Crippen LogP contribution in [0, 0.1) is 6.92 Å². The number of nitrogens with zero attached hydrogens (tertiary/aromatic N) is 1. The molecule has 9 heteroatoms. The molecular weight excluding hydrogens is 496 g/mol. The highest BCUT2D eigenvalue weighted by Crippen LogP contribution is 2.39. The second kappa shape index (κ2) is 11.2. The lowest BCUT2D eigenvalue weighted by molar-refractivity contribution is -0.119. The number of hydrogen-bond acceptors (Lipinski definition) is 7. The number of carbonyl (C=O) groups is 3. The molecule has 4 rings (SSSR count). The van der Waals surface area contributed by atoms with Gasteiger partial charge in [-0.2, -0.15) is 0 Å². The molecule has 0 radical (unpaired) electrons. The third kappa shape index (κ3) is 5.81. The lowest BCUT2D eigenvalue weighted by atomic mass is 10.1. The first-order chi connectivity index (χ1) is 17.4. The molecule has 3 aromatic carbocycles. The van der Waals surface area contributed by atoms with Crippen molar-refractivity contribution in [3.63, 3.8) is 0 Å². The minimum atomic E-state index is -0.622. The first-order valence-electron chi connectivity index (χ1n) is 10.9. The van der Waals surface area contributed by atoms with E-state index >= 15 is 0 Å². The first-order valence-corrected chi connectivity index (χ1v) is 12.1. The third-order valence-electron chi connectivity index (χ3n) is 5.23. The fraction of sp³-hybridized carbons (Fsp3) is 0.111. The number of ether oxygens (including phenoxy) is 2. The topological polar surface area (TPSA) is 84.9 Å². The molecule has 2 amide bonds. The molecule has 3 aromatic rings. The molecule has 1 N–H and O–H groups in total. The highest BCUT2D eigenvalue weighted by molar-refractivity contribution is 8.27. The Kier molecular flexibility index (Phi) is 7.82. The van der Waals surface area contributed by atoms with Crippen molar-refractivity contribution in [1.29, 1.82) is 0 Å². The van der Waals surface area contributed by atoms with Crippen LogP contribution in [0.1, 0.15) is 21.5 Å². The predicted molar refractivity (Wildman–Crippen MR) is 145 cm³/mol. The molecule has 0 bridgehead atoms. The lowest BCUT2D eigenvalue weighted by Crippen LogP contribution is -2.27. The summed E-state index contributed by atoms with van der Waals surface area (Å²) >= 11 is 6.62. The molecule has 182 valence electrons. The predicted octanol–water partition coefficient (Wildman–Crippen LogP) is 5.20. The molecule has 36 heavy (non-hydrogen) atoms. The molecule has 0 unspecified atom stereocenters. The van der Waals surface area contributed by atoms with E-state index in [1.165, 1.54) is 23.8 Å². The molecule has 1 heterocycles. The average molecular weight is 519 g/mol. The Bertz CT molecular complexity index is 1350. The summed E-state index contributed by atoms with van der Waals surface area (Å²) < 4.78 is 10.9. The first kappa shape index (κ1) is 25.2. The molecule has 7 nitrogen and oxygen atoms in total. The van der Waals surface area contributed by atoms with E-state index in [-0.39, 0.29) is 11.5 Å². The molecule has 0 spiro atoms. The molecule has 1 aliphatic rings. The number of thioether (sulfide) groups is 1. The van der Waals surface area contributed by atoms with Crippen molar-refractivity contribution < 1.29 is 23.9 Å². The van der Waals surface area contributed by atoms with E-state index < -0.39 is 18.5 Å².